The fourth-order valence-corrected chi connectivity index (χ4v) is 4.20. The second kappa shape index (κ2) is 7.95. The maximum atomic E-state index is 12.9. The van der Waals surface area contributed by atoms with Crippen molar-refractivity contribution in [3.05, 3.63) is 71.9 Å². The molecular formula is C22H26N4O3S. The fraction of sp³-hybridized carbons (Fsp3) is 0.273. The zero-order valence-corrected chi connectivity index (χ0v) is 18.6. The molecule has 0 radical (unpaired) electrons. The molecule has 0 atom stereocenters. The van der Waals surface area contributed by atoms with Gasteiger partial charge < -0.3 is 5.32 Å². The molecular weight excluding hydrogens is 400 g/mol. The molecule has 30 heavy (non-hydrogen) atoms. The molecule has 0 saturated carbocycles. The summed E-state index contributed by atoms with van der Waals surface area (Å²) in [6, 6.07) is 16.5. The third-order valence-electron chi connectivity index (χ3n) is 4.60. The van der Waals surface area contributed by atoms with Crippen LogP contribution < -0.4 is 9.62 Å². The first kappa shape index (κ1) is 21.6. The molecule has 0 aliphatic rings. The summed E-state index contributed by atoms with van der Waals surface area (Å²) >= 11 is 0. The smallest absolute Gasteiger partial charge is 0.264 e. The van der Waals surface area contributed by atoms with Gasteiger partial charge in [-0.1, -0.05) is 18.2 Å². The average molecular weight is 427 g/mol. The van der Waals surface area contributed by atoms with Crippen LogP contribution >= 0.6 is 0 Å². The molecule has 0 spiro atoms. The highest BCUT2D eigenvalue weighted by atomic mass is 32.2. The summed E-state index contributed by atoms with van der Waals surface area (Å²) in [5, 5.41) is 7.30. The molecule has 0 unspecified atom stereocenters. The molecule has 3 aromatic rings. The van der Waals surface area contributed by atoms with Crippen molar-refractivity contribution in [2.45, 2.75) is 38.1 Å². The molecule has 1 aromatic heterocycles. The van der Waals surface area contributed by atoms with E-state index in [0.717, 1.165) is 5.69 Å². The van der Waals surface area contributed by atoms with Crippen LogP contribution in [0, 0.1) is 6.92 Å². The highest BCUT2D eigenvalue weighted by Gasteiger charge is 2.23. The van der Waals surface area contributed by atoms with Gasteiger partial charge in [-0.2, -0.15) is 5.10 Å². The minimum atomic E-state index is -3.73. The van der Waals surface area contributed by atoms with E-state index >= 15 is 0 Å². The lowest BCUT2D eigenvalue weighted by molar-refractivity contribution is 0.102. The number of aromatic nitrogens is 2. The number of amides is 1. The highest BCUT2D eigenvalue weighted by Crippen LogP contribution is 2.24. The van der Waals surface area contributed by atoms with Crippen LogP contribution in [0.1, 0.15) is 36.8 Å². The van der Waals surface area contributed by atoms with E-state index < -0.39 is 10.0 Å². The number of benzene rings is 2. The quantitative estimate of drug-likeness (QED) is 0.668. The molecule has 0 saturated heterocycles. The molecule has 2 aromatic carbocycles. The Hall–Kier alpha value is -3.13. The standard InChI is InChI=1S/C22H26N4O3S/c1-16-15-20(26(24-16)22(2,3)4)23-21(27)17-11-13-19(14-12-17)30(28,29)25(5)18-9-7-6-8-10-18/h6-15H,1-5H3,(H,23,27). The first-order valence-corrected chi connectivity index (χ1v) is 11.0. The summed E-state index contributed by atoms with van der Waals surface area (Å²) in [5.41, 5.74) is 1.42. The summed E-state index contributed by atoms with van der Waals surface area (Å²) in [5.74, 6) is 0.256. The van der Waals surface area contributed by atoms with E-state index in [1.807, 2.05) is 33.8 Å². The Balaban J connectivity index is 1.82. The number of rotatable bonds is 5. The van der Waals surface area contributed by atoms with Gasteiger partial charge in [0.05, 0.1) is 21.8 Å². The normalized spacial score (nSPS) is 11.9. The van der Waals surface area contributed by atoms with Crippen molar-refractivity contribution in [1.29, 1.82) is 0 Å². The zero-order valence-electron chi connectivity index (χ0n) is 17.7. The second-order valence-electron chi connectivity index (χ2n) is 8.04. The zero-order chi connectivity index (χ0) is 22.1. The summed E-state index contributed by atoms with van der Waals surface area (Å²) in [7, 11) is -2.23. The topological polar surface area (TPSA) is 84.3 Å². The number of nitrogens with zero attached hydrogens (tertiary/aromatic N) is 3. The number of para-hydroxylation sites is 1. The molecule has 158 valence electrons. The van der Waals surface area contributed by atoms with Crippen LogP contribution in [0.15, 0.2) is 65.6 Å². The molecule has 0 aliphatic heterocycles. The largest absolute Gasteiger partial charge is 0.307 e. The van der Waals surface area contributed by atoms with Gasteiger partial charge in [-0.15, -0.1) is 0 Å². The van der Waals surface area contributed by atoms with Crippen molar-refractivity contribution >= 4 is 27.4 Å². The van der Waals surface area contributed by atoms with Gasteiger partial charge in [-0.05, 0) is 64.1 Å². The Morgan fingerprint density at radius 2 is 1.63 bits per heavy atom. The van der Waals surface area contributed by atoms with Crippen LogP contribution in [0.4, 0.5) is 11.5 Å². The van der Waals surface area contributed by atoms with E-state index in [-0.39, 0.29) is 16.3 Å². The van der Waals surface area contributed by atoms with Crippen molar-refractivity contribution < 1.29 is 13.2 Å². The van der Waals surface area contributed by atoms with Crippen LogP contribution in [0.2, 0.25) is 0 Å². The van der Waals surface area contributed by atoms with Crippen LogP contribution in [-0.2, 0) is 15.6 Å². The van der Waals surface area contributed by atoms with Crippen LogP contribution in [0.5, 0.6) is 0 Å². The first-order chi connectivity index (χ1) is 14.0. The number of nitrogens with one attached hydrogen (secondary N) is 1. The summed E-state index contributed by atoms with van der Waals surface area (Å²) in [6.07, 6.45) is 0. The van der Waals surface area contributed by atoms with E-state index in [2.05, 4.69) is 10.4 Å². The number of aryl methyl sites for hydroxylation is 1. The molecule has 1 N–H and O–H groups in total. The van der Waals surface area contributed by atoms with E-state index in [1.165, 1.54) is 35.6 Å². The minimum absolute atomic E-state index is 0.112. The van der Waals surface area contributed by atoms with Crippen LogP contribution in [0.3, 0.4) is 0 Å². The maximum absolute atomic E-state index is 12.9. The van der Waals surface area contributed by atoms with Gasteiger partial charge in [0.1, 0.15) is 5.82 Å². The van der Waals surface area contributed by atoms with Crippen molar-refractivity contribution in [2.24, 2.45) is 0 Å². The lowest BCUT2D eigenvalue weighted by atomic mass is 10.1. The van der Waals surface area contributed by atoms with Crippen LogP contribution in [0.25, 0.3) is 0 Å². The van der Waals surface area contributed by atoms with Gasteiger partial charge in [-0.25, -0.2) is 13.1 Å². The maximum Gasteiger partial charge on any atom is 0.264 e. The molecule has 8 heteroatoms. The van der Waals surface area contributed by atoms with E-state index in [1.54, 1.807) is 35.0 Å². The van der Waals surface area contributed by atoms with Crippen molar-refractivity contribution in [1.82, 2.24) is 9.78 Å². The van der Waals surface area contributed by atoms with E-state index in [4.69, 9.17) is 0 Å². The van der Waals surface area contributed by atoms with Gasteiger partial charge in [0.25, 0.3) is 15.9 Å². The van der Waals surface area contributed by atoms with Gasteiger partial charge in [0.2, 0.25) is 0 Å². The fourth-order valence-electron chi connectivity index (χ4n) is 3.00. The average Bonchev–Trinajstić information content (AvgIpc) is 3.08. The summed E-state index contributed by atoms with van der Waals surface area (Å²) in [4.78, 5) is 12.8. The monoisotopic (exact) mass is 426 g/mol. The van der Waals surface area contributed by atoms with E-state index in [9.17, 15) is 13.2 Å². The Kier molecular flexibility index (Phi) is 5.72. The molecule has 3 rings (SSSR count). The SMILES string of the molecule is Cc1cc(NC(=O)c2ccc(S(=O)(=O)N(C)c3ccccc3)cc2)n(C(C)(C)C)n1. The minimum Gasteiger partial charge on any atom is -0.307 e. The van der Waals surface area contributed by atoms with Gasteiger partial charge >= 0.3 is 0 Å². The number of carbonyl (C=O) groups is 1. The van der Waals surface area contributed by atoms with Crippen molar-refractivity contribution in [3.63, 3.8) is 0 Å². The molecule has 7 nitrogen and oxygen atoms in total. The number of sulfonamides is 1. The van der Waals surface area contributed by atoms with Crippen LogP contribution in [-0.4, -0.2) is 31.2 Å². The van der Waals surface area contributed by atoms with E-state index in [0.29, 0.717) is 17.1 Å². The number of hydrogen-bond donors (Lipinski definition) is 1. The van der Waals surface area contributed by atoms with Gasteiger partial charge in [0.15, 0.2) is 0 Å². The third-order valence-corrected chi connectivity index (χ3v) is 6.40. The highest BCUT2D eigenvalue weighted by molar-refractivity contribution is 7.92. The Bertz CT molecular complexity index is 1150. The van der Waals surface area contributed by atoms with Crippen molar-refractivity contribution in [2.75, 3.05) is 16.7 Å². The number of hydrogen-bond acceptors (Lipinski definition) is 4. The predicted octanol–water partition coefficient (Wildman–Crippen LogP) is 4.02. The molecule has 1 amide bonds. The predicted molar refractivity (Wildman–Crippen MR) is 118 cm³/mol. The lowest BCUT2D eigenvalue weighted by Gasteiger charge is -2.22. The summed E-state index contributed by atoms with van der Waals surface area (Å²) in [6.45, 7) is 7.86. The molecule has 0 fully saturated rings. The molecule has 1 heterocycles. The Morgan fingerprint density at radius 3 is 2.20 bits per heavy atom. The third kappa shape index (κ3) is 4.38. The Morgan fingerprint density at radius 1 is 1.03 bits per heavy atom. The van der Waals surface area contributed by atoms with Gasteiger partial charge in [0, 0.05) is 18.7 Å². The number of anilines is 2. The lowest BCUT2D eigenvalue weighted by Crippen LogP contribution is -2.27. The first-order valence-electron chi connectivity index (χ1n) is 9.53. The summed E-state index contributed by atoms with van der Waals surface area (Å²) < 4.78 is 28.7. The van der Waals surface area contributed by atoms with Crippen molar-refractivity contribution in [3.8, 4) is 0 Å². The number of carbonyl (C=O) groups excluding carboxylic acids is 1. The molecule has 0 bridgehead atoms. The second-order valence-corrected chi connectivity index (χ2v) is 10.0. The van der Waals surface area contributed by atoms with Gasteiger partial charge in [-0.3, -0.25) is 9.10 Å². The Labute approximate surface area is 177 Å². The molecule has 0 aliphatic carbocycles.